The third-order valence-electron chi connectivity index (χ3n) is 1.84. The molecule has 0 saturated heterocycles. The van der Waals surface area contributed by atoms with E-state index in [1.165, 1.54) is 0 Å². The molecule has 0 heterocycles. The van der Waals surface area contributed by atoms with Crippen molar-refractivity contribution < 1.29 is 20.3 Å². The van der Waals surface area contributed by atoms with Gasteiger partial charge in [-0.15, -0.1) is 0 Å². The van der Waals surface area contributed by atoms with Crippen LogP contribution >= 0.6 is 0 Å². The van der Waals surface area contributed by atoms with Crippen LogP contribution in [0.3, 0.4) is 0 Å². The summed E-state index contributed by atoms with van der Waals surface area (Å²) in [5.41, 5.74) is 0.730. The van der Waals surface area contributed by atoms with Crippen LogP contribution in [0.5, 0.6) is 0 Å². The molecule has 0 bridgehead atoms. The summed E-state index contributed by atoms with van der Waals surface area (Å²) in [4.78, 5) is 10.6. The smallest absolute Gasteiger partial charge is 0.326 e. The highest BCUT2D eigenvalue weighted by Crippen LogP contribution is 2.06. The predicted molar refractivity (Wildman–Crippen MR) is 56.9 cm³/mol. The number of carboxylic acids is 1. The summed E-state index contributed by atoms with van der Waals surface area (Å²) in [7, 11) is 0. The second-order valence-electron chi connectivity index (χ2n) is 2.86. The van der Waals surface area contributed by atoms with Gasteiger partial charge in [-0.1, -0.05) is 35.6 Å². The zero-order valence-electron chi connectivity index (χ0n) is 7.37. The maximum atomic E-state index is 10.6. The second-order valence-corrected chi connectivity index (χ2v) is 2.86. The average Bonchev–Trinajstić information content (AvgIpc) is 2.15. The number of benzene rings is 1. The molecular weight excluding hydrogens is 197 g/mol. The fourth-order valence-electron chi connectivity index (χ4n) is 1.11. The Kier molecular flexibility index (Phi) is 5.62. The summed E-state index contributed by atoms with van der Waals surface area (Å²) in [5, 5.41) is 25.7. The molecule has 0 aromatic heterocycles. The van der Waals surface area contributed by atoms with E-state index in [4.69, 9.17) is 15.5 Å². The molecule has 0 saturated carbocycles. The van der Waals surface area contributed by atoms with Gasteiger partial charge in [0.25, 0.3) is 0 Å². The molecule has 0 amide bonds. The van der Waals surface area contributed by atoms with Gasteiger partial charge in [0.2, 0.25) is 0 Å². The molecule has 1 aromatic rings. The SMILES string of the molecule is B.O=C(O)C(Cc1ccccc1)N(O)O. The number of rotatable bonds is 4. The zero-order valence-corrected chi connectivity index (χ0v) is 7.37. The van der Waals surface area contributed by atoms with E-state index in [9.17, 15) is 4.79 Å². The molecule has 82 valence electrons. The molecular formula is C9H14BNO4. The molecule has 0 spiro atoms. The molecule has 1 aromatic carbocycles. The van der Waals surface area contributed by atoms with Gasteiger partial charge >= 0.3 is 5.97 Å². The summed E-state index contributed by atoms with van der Waals surface area (Å²) in [5.74, 6) is -1.28. The molecule has 0 radical (unpaired) electrons. The van der Waals surface area contributed by atoms with Gasteiger partial charge < -0.3 is 5.11 Å². The van der Waals surface area contributed by atoms with Gasteiger partial charge in [0.05, 0.1) is 8.41 Å². The minimum atomic E-state index is -1.34. The molecule has 15 heavy (non-hydrogen) atoms. The number of nitrogens with zero attached hydrogens (tertiary/aromatic N) is 1. The van der Waals surface area contributed by atoms with Gasteiger partial charge in [0.1, 0.15) is 0 Å². The van der Waals surface area contributed by atoms with E-state index in [2.05, 4.69) is 0 Å². The number of carboxylic acid groups (broad SMARTS) is 1. The van der Waals surface area contributed by atoms with Crippen molar-refractivity contribution in [2.24, 2.45) is 0 Å². The lowest BCUT2D eigenvalue weighted by atomic mass is 10.1. The Balaban J connectivity index is 0.00000196. The predicted octanol–water partition coefficient (Wildman–Crippen LogP) is -0.421. The lowest BCUT2D eigenvalue weighted by Gasteiger charge is -2.15. The molecule has 1 rings (SSSR count). The van der Waals surface area contributed by atoms with Gasteiger partial charge in [0.15, 0.2) is 6.04 Å². The molecule has 1 atom stereocenters. The van der Waals surface area contributed by atoms with Gasteiger partial charge in [-0.05, 0) is 5.56 Å². The summed E-state index contributed by atoms with van der Waals surface area (Å²) in [6.45, 7) is 0. The topological polar surface area (TPSA) is 81.0 Å². The second kappa shape index (κ2) is 6.18. The number of hydrogen-bond acceptors (Lipinski definition) is 4. The standard InChI is InChI=1S/C9H11NO4.BH3/c11-9(12)8(10(13)14)6-7-4-2-1-3-5-7;/h1-5,8,13-14H,6H2,(H,11,12);1H3. The quantitative estimate of drug-likeness (QED) is 0.465. The minimum absolute atomic E-state index is 0. The van der Waals surface area contributed by atoms with Crippen molar-refractivity contribution in [3.63, 3.8) is 0 Å². The lowest BCUT2D eigenvalue weighted by molar-refractivity contribution is -0.327. The van der Waals surface area contributed by atoms with Crippen LogP contribution in [-0.2, 0) is 11.2 Å². The fraction of sp³-hybridized carbons (Fsp3) is 0.222. The monoisotopic (exact) mass is 211 g/mol. The van der Waals surface area contributed by atoms with Gasteiger partial charge in [-0.3, -0.25) is 15.2 Å². The van der Waals surface area contributed by atoms with Crippen LogP contribution in [0.2, 0.25) is 0 Å². The maximum absolute atomic E-state index is 10.6. The Morgan fingerprint density at radius 2 is 1.80 bits per heavy atom. The highest BCUT2D eigenvalue weighted by molar-refractivity contribution is 5.75. The zero-order chi connectivity index (χ0) is 10.6. The molecule has 1 unspecified atom stereocenters. The minimum Gasteiger partial charge on any atom is -0.480 e. The molecule has 0 aliphatic heterocycles. The third-order valence-corrected chi connectivity index (χ3v) is 1.84. The molecule has 5 nitrogen and oxygen atoms in total. The first kappa shape index (κ1) is 13.6. The molecule has 0 fully saturated rings. The van der Waals surface area contributed by atoms with Crippen LogP contribution < -0.4 is 0 Å². The van der Waals surface area contributed by atoms with E-state index < -0.39 is 12.0 Å². The van der Waals surface area contributed by atoms with Crippen LogP contribution in [-0.4, -0.2) is 41.2 Å². The van der Waals surface area contributed by atoms with Gasteiger partial charge in [0, 0.05) is 6.42 Å². The van der Waals surface area contributed by atoms with E-state index >= 15 is 0 Å². The Bertz CT molecular complexity index is 304. The van der Waals surface area contributed by atoms with E-state index in [1.807, 2.05) is 0 Å². The summed E-state index contributed by atoms with van der Waals surface area (Å²) < 4.78 is 0. The van der Waals surface area contributed by atoms with Gasteiger partial charge in [-0.25, -0.2) is 0 Å². The van der Waals surface area contributed by atoms with Crippen molar-refractivity contribution in [3.8, 4) is 0 Å². The molecule has 0 aliphatic carbocycles. The Morgan fingerprint density at radius 1 is 1.27 bits per heavy atom. The Morgan fingerprint density at radius 3 is 2.20 bits per heavy atom. The Hall–Kier alpha value is -1.37. The molecule has 0 aliphatic rings. The van der Waals surface area contributed by atoms with Crippen molar-refractivity contribution in [2.75, 3.05) is 0 Å². The first-order valence-corrected chi connectivity index (χ1v) is 4.05. The molecule has 6 heteroatoms. The van der Waals surface area contributed by atoms with Crippen LogP contribution in [0.15, 0.2) is 30.3 Å². The average molecular weight is 211 g/mol. The van der Waals surface area contributed by atoms with Crippen molar-refractivity contribution in [1.29, 1.82) is 0 Å². The number of aliphatic carboxylic acids is 1. The largest absolute Gasteiger partial charge is 0.480 e. The van der Waals surface area contributed by atoms with Crippen LogP contribution in [0.4, 0.5) is 0 Å². The summed E-state index contributed by atoms with van der Waals surface area (Å²) in [6, 6.07) is 7.42. The first-order chi connectivity index (χ1) is 6.61. The first-order valence-electron chi connectivity index (χ1n) is 4.05. The van der Waals surface area contributed by atoms with Crippen molar-refractivity contribution in [3.05, 3.63) is 35.9 Å². The molecule has 3 N–H and O–H groups in total. The van der Waals surface area contributed by atoms with Crippen LogP contribution in [0.1, 0.15) is 5.56 Å². The highest BCUT2D eigenvalue weighted by Gasteiger charge is 2.23. The normalized spacial score (nSPS) is 11.9. The van der Waals surface area contributed by atoms with Crippen molar-refractivity contribution in [1.82, 2.24) is 5.23 Å². The van der Waals surface area contributed by atoms with Crippen molar-refractivity contribution in [2.45, 2.75) is 12.5 Å². The number of hydroxylamine groups is 2. The summed E-state index contributed by atoms with van der Waals surface area (Å²) >= 11 is 0. The van der Waals surface area contributed by atoms with Crippen LogP contribution in [0.25, 0.3) is 0 Å². The van der Waals surface area contributed by atoms with E-state index in [0.29, 0.717) is 0 Å². The fourth-order valence-corrected chi connectivity index (χ4v) is 1.11. The van der Waals surface area contributed by atoms with Crippen LogP contribution in [0, 0.1) is 0 Å². The van der Waals surface area contributed by atoms with Gasteiger partial charge in [-0.2, -0.15) is 0 Å². The highest BCUT2D eigenvalue weighted by atomic mass is 16.8. The van der Waals surface area contributed by atoms with Crippen molar-refractivity contribution >= 4 is 14.4 Å². The third kappa shape index (κ3) is 4.12. The Labute approximate surface area is 89.1 Å². The number of hydrogen-bond donors (Lipinski definition) is 3. The van der Waals surface area contributed by atoms with E-state index in [-0.39, 0.29) is 20.1 Å². The lowest BCUT2D eigenvalue weighted by Crippen LogP contribution is -2.38. The summed E-state index contributed by atoms with van der Waals surface area (Å²) in [6.07, 6.45) is 0.0448. The van der Waals surface area contributed by atoms with E-state index in [1.54, 1.807) is 30.3 Å². The number of carbonyl (C=O) groups is 1. The maximum Gasteiger partial charge on any atom is 0.326 e. The van der Waals surface area contributed by atoms with E-state index in [0.717, 1.165) is 5.56 Å².